The van der Waals surface area contributed by atoms with Gasteiger partial charge >= 0.3 is 5.97 Å². The summed E-state index contributed by atoms with van der Waals surface area (Å²) in [7, 11) is -3.62. The molecule has 0 N–H and O–H groups in total. The van der Waals surface area contributed by atoms with Crippen molar-refractivity contribution >= 4 is 33.0 Å². The van der Waals surface area contributed by atoms with Crippen molar-refractivity contribution in [3.05, 3.63) is 81.5 Å². The Hall–Kier alpha value is -2.68. The third-order valence-corrected chi connectivity index (χ3v) is 8.10. The minimum atomic E-state index is -3.62. The van der Waals surface area contributed by atoms with Gasteiger partial charge in [-0.3, -0.25) is 4.31 Å². The first-order valence-electron chi connectivity index (χ1n) is 10.5. The van der Waals surface area contributed by atoms with E-state index in [2.05, 4.69) is 0 Å². The lowest BCUT2D eigenvalue weighted by Crippen LogP contribution is -2.35. The van der Waals surface area contributed by atoms with E-state index in [0.29, 0.717) is 31.2 Å². The Morgan fingerprint density at radius 2 is 1.81 bits per heavy atom. The van der Waals surface area contributed by atoms with Gasteiger partial charge in [0, 0.05) is 11.4 Å². The smallest absolute Gasteiger partial charge is 0.348 e. The van der Waals surface area contributed by atoms with Crippen molar-refractivity contribution < 1.29 is 22.7 Å². The van der Waals surface area contributed by atoms with Crippen molar-refractivity contribution in [2.75, 3.05) is 17.5 Å². The Bertz CT molecular complexity index is 1190. The Morgan fingerprint density at radius 3 is 2.59 bits per heavy atom. The molecule has 1 aliphatic rings. The number of hydrogen-bond donors (Lipinski definition) is 0. The highest BCUT2D eigenvalue weighted by molar-refractivity contribution is 7.92. The molecule has 1 aromatic heterocycles. The molecular formula is C24H25NO5S2. The number of rotatable bonds is 8. The van der Waals surface area contributed by atoms with E-state index in [-0.39, 0.29) is 10.9 Å². The number of esters is 1. The van der Waals surface area contributed by atoms with Crippen LogP contribution in [0.25, 0.3) is 0 Å². The summed E-state index contributed by atoms with van der Waals surface area (Å²) in [5.41, 5.74) is 2.71. The lowest BCUT2D eigenvalue weighted by atomic mass is 10.0. The summed E-state index contributed by atoms with van der Waals surface area (Å²) in [5.74, 6) is -0.322. The number of thiophene rings is 1. The molecule has 0 saturated carbocycles. The lowest BCUT2D eigenvalue weighted by molar-refractivity contribution is 0.0532. The topological polar surface area (TPSA) is 72.9 Å². The summed E-state index contributed by atoms with van der Waals surface area (Å²) >= 11 is 1.35. The van der Waals surface area contributed by atoms with Crippen LogP contribution >= 0.6 is 11.3 Å². The van der Waals surface area contributed by atoms with Crippen LogP contribution in [0.4, 0.5) is 5.69 Å². The van der Waals surface area contributed by atoms with Gasteiger partial charge in [-0.2, -0.15) is 0 Å². The number of carbonyl (C=O) groups is 1. The number of ether oxygens (including phenoxy) is 2. The maximum atomic E-state index is 13.2. The van der Waals surface area contributed by atoms with Crippen molar-refractivity contribution in [2.45, 2.75) is 37.9 Å². The number of anilines is 1. The van der Waals surface area contributed by atoms with Crippen LogP contribution in [0.3, 0.4) is 0 Å². The van der Waals surface area contributed by atoms with E-state index in [9.17, 15) is 13.2 Å². The highest BCUT2D eigenvalue weighted by Gasteiger charge is 2.28. The molecule has 0 unspecified atom stereocenters. The predicted octanol–water partition coefficient (Wildman–Crippen LogP) is 4.78. The van der Waals surface area contributed by atoms with Gasteiger partial charge in [0.15, 0.2) is 0 Å². The van der Waals surface area contributed by atoms with E-state index in [1.54, 1.807) is 37.3 Å². The summed E-state index contributed by atoms with van der Waals surface area (Å²) in [6.45, 7) is 3.32. The molecule has 6 nitrogen and oxygen atoms in total. The standard InChI is InChI=1S/C24H25NO5S2/c1-2-30-24(26)23-14-11-20(31-23)17-29-16-18-9-12-21(13-10-18)32(27,28)25-15-5-7-19-6-3-4-8-22(19)25/h3-4,6,8-14H,2,5,7,15-17H2,1H3. The van der Waals surface area contributed by atoms with Crippen molar-refractivity contribution in [3.63, 3.8) is 0 Å². The highest BCUT2D eigenvalue weighted by atomic mass is 32.2. The van der Waals surface area contributed by atoms with Crippen LogP contribution in [0.15, 0.2) is 65.6 Å². The average Bonchev–Trinajstić information content (AvgIpc) is 3.28. The van der Waals surface area contributed by atoms with Gasteiger partial charge in [0.25, 0.3) is 10.0 Å². The highest BCUT2D eigenvalue weighted by Crippen LogP contribution is 2.31. The van der Waals surface area contributed by atoms with Crippen LogP contribution in [0.5, 0.6) is 0 Å². The molecule has 0 aliphatic carbocycles. The molecule has 2 heterocycles. The van der Waals surface area contributed by atoms with Crippen LogP contribution in [0.1, 0.15) is 39.0 Å². The van der Waals surface area contributed by atoms with Crippen molar-refractivity contribution in [1.82, 2.24) is 0 Å². The van der Waals surface area contributed by atoms with Crippen molar-refractivity contribution in [2.24, 2.45) is 0 Å². The van der Waals surface area contributed by atoms with Gasteiger partial charge in [-0.1, -0.05) is 30.3 Å². The lowest BCUT2D eigenvalue weighted by Gasteiger charge is -2.30. The molecule has 3 aromatic rings. The molecule has 0 radical (unpaired) electrons. The first-order chi connectivity index (χ1) is 15.5. The molecule has 4 rings (SSSR count). The molecular weight excluding hydrogens is 446 g/mol. The monoisotopic (exact) mass is 471 g/mol. The van der Waals surface area contributed by atoms with Crippen LogP contribution in [-0.2, 0) is 39.1 Å². The zero-order valence-electron chi connectivity index (χ0n) is 17.8. The molecule has 168 valence electrons. The van der Waals surface area contributed by atoms with Gasteiger partial charge in [0.05, 0.1) is 30.4 Å². The van der Waals surface area contributed by atoms with E-state index in [1.165, 1.54) is 15.6 Å². The van der Waals surface area contributed by atoms with Gasteiger partial charge in [0.2, 0.25) is 0 Å². The average molecular weight is 472 g/mol. The SMILES string of the molecule is CCOC(=O)c1ccc(COCc2ccc(S(=O)(=O)N3CCCc4ccccc43)cc2)s1. The van der Waals surface area contributed by atoms with Crippen LogP contribution in [-0.4, -0.2) is 27.5 Å². The van der Waals surface area contributed by atoms with Gasteiger partial charge in [0.1, 0.15) is 4.88 Å². The Labute approximate surface area is 192 Å². The molecule has 8 heteroatoms. The van der Waals surface area contributed by atoms with E-state index in [4.69, 9.17) is 9.47 Å². The molecule has 0 fully saturated rings. The van der Waals surface area contributed by atoms with Crippen molar-refractivity contribution in [3.8, 4) is 0 Å². The van der Waals surface area contributed by atoms with Gasteiger partial charge in [-0.15, -0.1) is 11.3 Å². The molecule has 0 spiro atoms. The van der Waals surface area contributed by atoms with E-state index in [1.807, 2.05) is 30.3 Å². The van der Waals surface area contributed by atoms with E-state index in [0.717, 1.165) is 34.5 Å². The van der Waals surface area contributed by atoms with Crippen LogP contribution in [0, 0.1) is 0 Å². The molecule has 0 amide bonds. The summed E-state index contributed by atoms with van der Waals surface area (Å²) in [6, 6.07) is 18.1. The fourth-order valence-corrected chi connectivity index (χ4v) is 6.05. The Kier molecular flexibility index (Phi) is 6.93. The first kappa shape index (κ1) is 22.5. The fraction of sp³-hybridized carbons (Fsp3) is 0.292. The van der Waals surface area contributed by atoms with Gasteiger partial charge in [-0.25, -0.2) is 13.2 Å². The maximum Gasteiger partial charge on any atom is 0.348 e. The number of carbonyl (C=O) groups excluding carboxylic acids is 1. The third kappa shape index (κ3) is 4.87. The fourth-order valence-electron chi connectivity index (χ4n) is 3.67. The van der Waals surface area contributed by atoms with Crippen LogP contribution in [0.2, 0.25) is 0 Å². The predicted molar refractivity (Wildman–Crippen MR) is 125 cm³/mol. The molecule has 0 saturated heterocycles. The number of hydrogen-bond acceptors (Lipinski definition) is 6. The molecule has 2 aromatic carbocycles. The summed E-state index contributed by atoms with van der Waals surface area (Å²) in [4.78, 5) is 13.5. The normalized spacial score (nSPS) is 13.6. The maximum absolute atomic E-state index is 13.2. The van der Waals surface area contributed by atoms with E-state index < -0.39 is 10.0 Å². The number of aryl methyl sites for hydroxylation is 1. The number of fused-ring (bicyclic) bond motifs is 1. The Morgan fingerprint density at radius 1 is 1.03 bits per heavy atom. The number of benzene rings is 2. The van der Waals surface area contributed by atoms with Crippen molar-refractivity contribution in [1.29, 1.82) is 0 Å². The number of sulfonamides is 1. The quantitative estimate of drug-likeness (QED) is 0.442. The summed E-state index contributed by atoms with van der Waals surface area (Å²) in [6.07, 6.45) is 1.70. The molecule has 0 bridgehead atoms. The summed E-state index contributed by atoms with van der Waals surface area (Å²) < 4.78 is 38.7. The zero-order chi connectivity index (χ0) is 22.6. The second-order valence-corrected chi connectivity index (χ2v) is 10.5. The zero-order valence-corrected chi connectivity index (χ0v) is 19.5. The van der Waals surface area contributed by atoms with E-state index >= 15 is 0 Å². The third-order valence-electron chi connectivity index (χ3n) is 5.23. The van der Waals surface area contributed by atoms with Gasteiger partial charge < -0.3 is 9.47 Å². The van der Waals surface area contributed by atoms with Crippen LogP contribution < -0.4 is 4.31 Å². The summed E-state index contributed by atoms with van der Waals surface area (Å²) in [5, 5.41) is 0. The molecule has 1 aliphatic heterocycles. The number of para-hydroxylation sites is 1. The molecule has 0 atom stereocenters. The second-order valence-electron chi connectivity index (χ2n) is 7.43. The molecule has 32 heavy (non-hydrogen) atoms. The first-order valence-corrected chi connectivity index (χ1v) is 12.8. The minimum Gasteiger partial charge on any atom is -0.462 e. The Balaban J connectivity index is 1.38. The second kappa shape index (κ2) is 9.85. The largest absolute Gasteiger partial charge is 0.462 e. The number of nitrogens with zero attached hydrogens (tertiary/aromatic N) is 1. The van der Waals surface area contributed by atoms with Gasteiger partial charge in [-0.05, 0) is 61.2 Å². The minimum absolute atomic E-state index is 0.273.